The molecule has 252 valence electrons. The van der Waals surface area contributed by atoms with Crippen molar-refractivity contribution in [2.24, 2.45) is 0 Å². The number of hydrogen-bond donors (Lipinski definition) is 0. The van der Waals surface area contributed by atoms with Crippen LogP contribution in [0.2, 0.25) is 0 Å². The Morgan fingerprint density at radius 3 is 2.36 bits per heavy atom. The topological polar surface area (TPSA) is 25.3 Å². The molecule has 0 saturated carbocycles. The maximum absolute atomic E-state index is 6.86. The maximum atomic E-state index is 6.86. The standard InChI is InChI=1S/C49H37N3O/c1-49(2,3)29-20-21-42-34(25-29)36-27-38-32-15-6-7-19-44(32)53-48(38)45-39-26-35-37(28-43(39)52(42)47(36)45)46-33(16-12-23-50-22-10-8-17-40(35)50)30-13-4-5-14-31(30)41-18-9-11-24-51(41)46/h4-15,17-28,33,46H,16H2,1-3H3/q+2/b23-12+. The summed E-state index contributed by atoms with van der Waals surface area (Å²) in [5, 5.41) is 7.32. The van der Waals surface area contributed by atoms with Crippen LogP contribution in [0, 0.1) is 0 Å². The van der Waals surface area contributed by atoms with E-state index in [1.807, 2.05) is 0 Å². The summed E-state index contributed by atoms with van der Waals surface area (Å²) in [4.78, 5) is 0. The lowest BCUT2D eigenvalue weighted by molar-refractivity contribution is -0.708. The number of nitrogens with zero attached hydrogens (tertiary/aromatic N) is 3. The van der Waals surface area contributed by atoms with Crippen LogP contribution in [-0.4, -0.2) is 4.40 Å². The Balaban J connectivity index is 1.29. The van der Waals surface area contributed by atoms with Gasteiger partial charge in [-0.25, -0.2) is 0 Å². The first-order valence-corrected chi connectivity index (χ1v) is 18.8. The molecule has 2 aliphatic heterocycles. The molecular formula is C49H37N3O+2. The monoisotopic (exact) mass is 683 g/mol. The first-order chi connectivity index (χ1) is 25.9. The van der Waals surface area contributed by atoms with Crippen LogP contribution < -0.4 is 9.13 Å². The minimum absolute atomic E-state index is 0.0320. The molecule has 12 rings (SSSR count). The van der Waals surface area contributed by atoms with Crippen molar-refractivity contribution in [3.8, 4) is 22.5 Å². The molecule has 0 N–H and O–H groups in total. The van der Waals surface area contributed by atoms with Crippen molar-refractivity contribution in [3.05, 3.63) is 156 Å². The SMILES string of the molecule is CC(C)(C)c1ccc2c(c1)c1cc3c4ccccc4oc3c3c4cc5c(cc4n2c13)C1C(C/C=C/[n+]2ccccc2-5)c2ccccc2-c2cccc[n+]21. The van der Waals surface area contributed by atoms with Crippen molar-refractivity contribution in [1.29, 1.82) is 0 Å². The van der Waals surface area contributed by atoms with E-state index in [4.69, 9.17) is 4.42 Å². The summed E-state index contributed by atoms with van der Waals surface area (Å²) in [6.45, 7) is 6.92. The molecule has 5 aromatic carbocycles. The molecule has 0 aliphatic carbocycles. The number of allylic oxidation sites excluding steroid dienone is 1. The Hall–Kier alpha value is -6.26. The van der Waals surface area contributed by atoms with Gasteiger partial charge in [-0.15, -0.1) is 0 Å². The average molecular weight is 684 g/mol. The Labute approximate surface area is 306 Å². The molecule has 2 aliphatic rings. The summed E-state index contributed by atoms with van der Waals surface area (Å²) < 4.78 is 14.3. The van der Waals surface area contributed by atoms with Crippen molar-refractivity contribution in [2.45, 2.75) is 44.6 Å². The molecule has 2 unspecified atom stereocenters. The molecule has 0 spiro atoms. The van der Waals surface area contributed by atoms with Gasteiger partial charge in [0, 0.05) is 62.3 Å². The van der Waals surface area contributed by atoms with Gasteiger partial charge in [0.1, 0.15) is 11.2 Å². The highest BCUT2D eigenvalue weighted by atomic mass is 16.3. The molecule has 0 bridgehead atoms. The molecule has 53 heavy (non-hydrogen) atoms. The second-order valence-electron chi connectivity index (χ2n) is 16.1. The summed E-state index contributed by atoms with van der Waals surface area (Å²) in [6, 6.07) is 45.4. The lowest BCUT2D eigenvalue weighted by Crippen LogP contribution is -2.48. The lowest BCUT2D eigenvalue weighted by Gasteiger charge is -2.30. The molecule has 7 heterocycles. The summed E-state index contributed by atoms with van der Waals surface area (Å²) in [6.07, 6.45) is 10.0. The number of hydrogen-bond acceptors (Lipinski definition) is 1. The van der Waals surface area contributed by atoms with Gasteiger partial charge in [-0.3, -0.25) is 0 Å². The molecule has 10 aromatic rings. The van der Waals surface area contributed by atoms with Gasteiger partial charge < -0.3 is 8.82 Å². The van der Waals surface area contributed by atoms with E-state index in [1.54, 1.807) is 0 Å². The summed E-state index contributed by atoms with van der Waals surface area (Å²) in [5.41, 5.74) is 14.7. The van der Waals surface area contributed by atoms with Crippen molar-refractivity contribution in [2.75, 3.05) is 0 Å². The Kier molecular flexibility index (Phi) is 5.65. The van der Waals surface area contributed by atoms with E-state index in [9.17, 15) is 0 Å². The average Bonchev–Trinajstić information content (AvgIpc) is 3.84. The third-order valence-corrected chi connectivity index (χ3v) is 12.3. The minimum atomic E-state index is 0.0320. The predicted octanol–water partition coefficient (Wildman–Crippen LogP) is 11.5. The van der Waals surface area contributed by atoms with E-state index in [0.29, 0.717) is 0 Å². The third-order valence-electron chi connectivity index (χ3n) is 12.3. The zero-order valence-corrected chi connectivity index (χ0v) is 30.0. The summed E-state index contributed by atoms with van der Waals surface area (Å²) in [7, 11) is 0. The van der Waals surface area contributed by atoms with Crippen molar-refractivity contribution >= 4 is 66.2 Å². The third kappa shape index (κ3) is 3.85. The highest BCUT2D eigenvalue weighted by Gasteiger charge is 2.43. The maximum Gasteiger partial charge on any atom is 0.218 e. The molecule has 5 aromatic heterocycles. The molecule has 4 heteroatoms. The Morgan fingerprint density at radius 2 is 1.45 bits per heavy atom. The van der Waals surface area contributed by atoms with Crippen molar-refractivity contribution in [3.63, 3.8) is 0 Å². The number of benzene rings is 5. The van der Waals surface area contributed by atoms with Gasteiger partial charge in [-0.1, -0.05) is 63.2 Å². The molecular weight excluding hydrogens is 647 g/mol. The smallest absolute Gasteiger partial charge is 0.218 e. The second-order valence-corrected chi connectivity index (χ2v) is 16.1. The van der Waals surface area contributed by atoms with Crippen LogP contribution in [0.5, 0.6) is 0 Å². The van der Waals surface area contributed by atoms with E-state index in [-0.39, 0.29) is 17.4 Å². The quantitative estimate of drug-likeness (QED) is 0.146. The highest BCUT2D eigenvalue weighted by Crippen LogP contribution is 2.50. The van der Waals surface area contributed by atoms with Crippen molar-refractivity contribution < 1.29 is 13.6 Å². The number of para-hydroxylation sites is 1. The fourth-order valence-corrected chi connectivity index (χ4v) is 9.88. The van der Waals surface area contributed by atoms with Gasteiger partial charge in [-0.2, -0.15) is 9.13 Å². The van der Waals surface area contributed by atoms with Gasteiger partial charge in [0.25, 0.3) is 0 Å². The van der Waals surface area contributed by atoms with Gasteiger partial charge in [-0.05, 0) is 83.6 Å². The normalized spacial score (nSPS) is 17.4. The Bertz CT molecular complexity index is 3210. The minimum Gasteiger partial charge on any atom is -0.455 e. The fraction of sp³-hybridized carbons (Fsp3) is 0.143. The van der Waals surface area contributed by atoms with Gasteiger partial charge in [0.05, 0.1) is 33.4 Å². The molecule has 2 atom stereocenters. The van der Waals surface area contributed by atoms with E-state index in [1.165, 1.54) is 82.7 Å². The highest BCUT2D eigenvalue weighted by molar-refractivity contribution is 6.33. The summed E-state index contributed by atoms with van der Waals surface area (Å²) in [5.74, 6) is 0.246. The van der Waals surface area contributed by atoms with Crippen LogP contribution in [-0.2, 0) is 5.41 Å². The van der Waals surface area contributed by atoms with Crippen LogP contribution in [0.15, 0.2) is 144 Å². The van der Waals surface area contributed by atoms with E-state index < -0.39 is 0 Å². The van der Waals surface area contributed by atoms with Gasteiger partial charge in [0.15, 0.2) is 24.6 Å². The van der Waals surface area contributed by atoms with Crippen LogP contribution in [0.25, 0.3) is 88.7 Å². The first-order valence-electron chi connectivity index (χ1n) is 18.8. The number of rotatable bonds is 0. The van der Waals surface area contributed by atoms with E-state index in [0.717, 1.165) is 23.0 Å². The Morgan fingerprint density at radius 1 is 0.642 bits per heavy atom. The zero-order valence-electron chi connectivity index (χ0n) is 30.0. The van der Waals surface area contributed by atoms with Gasteiger partial charge >= 0.3 is 0 Å². The second kappa shape index (κ2) is 10.2. The van der Waals surface area contributed by atoms with Crippen LogP contribution in [0.4, 0.5) is 0 Å². The number of aromatic nitrogens is 3. The predicted molar refractivity (Wildman–Crippen MR) is 216 cm³/mol. The summed E-state index contributed by atoms with van der Waals surface area (Å²) >= 11 is 0. The van der Waals surface area contributed by atoms with Crippen molar-refractivity contribution in [1.82, 2.24) is 4.40 Å². The molecule has 0 amide bonds. The molecule has 4 nitrogen and oxygen atoms in total. The van der Waals surface area contributed by atoms with E-state index >= 15 is 0 Å². The largest absolute Gasteiger partial charge is 0.455 e. The number of pyridine rings is 2. The van der Waals surface area contributed by atoms with Crippen LogP contribution >= 0.6 is 0 Å². The molecule has 0 radical (unpaired) electrons. The van der Waals surface area contributed by atoms with E-state index in [2.05, 4.69) is 180 Å². The number of furan rings is 1. The van der Waals surface area contributed by atoms with Crippen LogP contribution in [0.3, 0.4) is 0 Å². The fourth-order valence-electron chi connectivity index (χ4n) is 9.88. The molecule has 0 fully saturated rings. The lowest BCUT2D eigenvalue weighted by atomic mass is 9.77. The van der Waals surface area contributed by atoms with Gasteiger partial charge in [0.2, 0.25) is 11.4 Å². The first kappa shape index (κ1) is 29.3. The molecule has 0 saturated heterocycles. The van der Waals surface area contributed by atoms with Crippen LogP contribution in [0.1, 0.15) is 55.8 Å². The number of fused-ring (bicyclic) bond motifs is 20. The zero-order chi connectivity index (χ0) is 35.2.